The zero-order valence-electron chi connectivity index (χ0n) is 24.1. The van der Waals surface area contributed by atoms with E-state index in [9.17, 15) is 27.6 Å². The molecule has 9 nitrogen and oxygen atoms in total. The van der Waals surface area contributed by atoms with E-state index in [0.717, 1.165) is 37.1 Å². The molecule has 5 rings (SSSR count). The van der Waals surface area contributed by atoms with Crippen LogP contribution in [0.5, 0.6) is 6.01 Å². The van der Waals surface area contributed by atoms with Crippen LogP contribution in [0.4, 0.5) is 29.1 Å². The van der Waals surface area contributed by atoms with Gasteiger partial charge < -0.3 is 24.3 Å². The zero-order valence-corrected chi connectivity index (χ0v) is 24.1. The first-order valence-electron chi connectivity index (χ1n) is 14.5. The Morgan fingerprint density at radius 3 is 2.67 bits per heavy atom. The summed E-state index contributed by atoms with van der Waals surface area (Å²) in [6.45, 7) is 6.78. The molecule has 0 bridgehead atoms. The standard InChI is InChI=1S/C30H35F4N7O2/c1-3-27(42)41-15-14-40(17-21(41)10-11-35)28-23-7-5-13-39(20-8-9-25(31)24(16-20)30(32,33)34)18-26(23)36-29(37-28)43-19-22-6-4-12-38(22)2/h3,8-9,16,21-22H,1,4-7,10,12-15,17-19H2,2H3/t21?,22-/m0/s1. The van der Waals surface area contributed by atoms with Crippen LogP contribution in [0.25, 0.3) is 0 Å². The Morgan fingerprint density at radius 2 is 1.98 bits per heavy atom. The van der Waals surface area contributed by atoms with Gasteiger partial charge in [-0.1, -0.05) is 6.58 Å². The molecule has 2 saturated heterocycles. The van der Waals surface area contributed by atoms with Gasteiger partial charge >= 0.3 is 12.2 Å². The highest BCUT2D eigenvalue weighted by atomic mass is 19.4. The van der Waals surface area contributed by atoms with Crippen molar-refractivity contribution < 1.29 is 27.1 Å². The molecule has 1 aromatic carbocycles. The number of rotatable bonds is 7. The number of carbonyl (C=O) groups is 1. The average molecular weight is 602 g/mol. The highest BCUT2D eigenvalue weighted by Crippen LogP contribution is 2.36. The topological polar surface area (TPSA) is 88.8 Å². The van der Waals surface area contributed by atoms with Crippen molar-refractivity contribution in [3.05, 3.63) is 53.5 Å². The molecule has 2 atom stereocenters. The van der Waals surface area contributed by atoms with Crippen molar-refractivity contribution in [2.24, 2.45) is 0 Å². The van der Waals surface area contributed by atoms with E-state index in [0.29, 0.717) is 57.1 Å². The van der Waals surface area contributed by atoms with E-state index >= 15 is 0 Å². The van der Waals surface area contributed by atoms with Crippen molar-refractivity contribution in [1.82, 2.24) is 19.8 Å². The van der Waals surface area contributed by atoms with Crippen molar-refractivity contribution in [1.29, 1.82) is 5.26 Å². The van der Waals surface area contributed by atoms with Gasteiger partial charge in [-0.2, -0.15) is 28.4 Å². The van der Waals surface area contributed by atoms with Gasteiger partial charge in [-0.3, -0.25) is 4.79 Å². The number of likely N-dealkylation sites (N-methyl/N-ethyl adjacent to an activating group) is 1. The van der Waals surface area contributed by atoms with Crippen LogP contribution < -0.4 is 14.5 Å². The number of piperazine rings is 1. The Labute approximate surface area is 248 Å². The zero-order chi connectivity index (χ0) is 30.7. The fourth-order valence-electron chi connectivity index (χ4n) is 6.16. The number of aromatic nitrogens is 2. The molecule has 2 fully saturated rings. The Kier molecular flexibility index (Phi) is 9.05. The summed E-state index contributed by atoms with van der Waals surface area (Å²) in [7, 11) is 2.04. The van der Waals surface area contributed by atoms with E-state index in [1.165, 1.54) is 12.1 Å². The molecule has 1 aromatic heterocycles. The molecule has 0 aliphatic carbocycles. The van der Waals surface area contributed by atoms with Crippen molar-refractivity contribution in [3.63, 3.8) is 0 Å². The molecule has 230 valence electrons. The summed E-state index contributed by atoms with van der Waals surface area (Å²) in [6, 6.07) is 5.24. The van der Waals surface area contributed by atoms with Gasteiger partial charge in [0.15, 0.2) is 0 Å². The lowest BCUT2D eigenvalue weighted by molar-refractivity contribution is -0.140. The fraction of sp³-hybridized carbons (Fsp3) is 0.533. The Morgan fingerprint density at radius 1 is 1.16 bits per heavy atom. The molecule has 3 aliphatic heterocycles. The summed E-state index contributed by atoms with van der Waals surface area (Å²) in [5.74, 6) is -0.908. The van der Waals surface area contributed by atoms with Crippen LogP contribution in [-0.4, -0.2) is 84.1 Å². The molecule has 0 spiro atoms. The molecule has 2 aromatic rings. The van der Waals surface area contributed by atoms with E-state index in [1.807, 2.05) is 11.9 Å². The van der Waals surface area contributed by atoms with Gasteiger partial charge in [-0.25, -0.2) is 4.39 Å². The van der Waals surface area contributed by atoms with Crippen LogP contribution >= 0.6 is 0 Å². The van der Waals surface area contributed by atoms with Crippen LogP contribution in [-0.2, 0) is 23.9 Å². The van der Waals surface area contributed by atoms with Crippen molar-refractivity contribution in [2.45, 2.75) is 56.9 Å². The van der Waals surface area contributed by atoms with Gasteiger partial charge in [0.25, 0.3) is 0 Å². The molecule has 43 heavy (non-hydrogen) atoms. The molecule has 0 N–H and O–H groups in total. The minimum absolute atomic E-state index is 0.139. The van der Waals surface area contributed by atoms with E-state index in [2.05, 4.69) is 17.5 Å². The maximum Gasteiger partial charge on any atom is 0.419 e. The molecule has 4 heterocycles. The predicted octanol–water partition coefficient (Wildman–Crippen LogP) is 4.18. The number of anilines is 2. The molecule has 1 amide bonds. The number of nitrogens with zero attached hydrogens (tertiary/aromatic N) is 7. The molecule has 3 aliphatic rings. The Balaban J connectivity index is 1.49. The minimum atomic E-state index is -4.82. The number of ether oxygens (including phenoxy) is 1. The number of likely N-dealkylation sites (tertiary alicyclic amines) is 1. The minimum Gasteiger partial charge on any atom is -0.462 e. The smallest absolute Gasteiger partial charge is 0.419 e. The van der Waals surface area contributed by atoms with Crippen LogP contribution in [0.3, 0.4) is 0 Å². The highest BCUT2D eigenvalue weighted by molar-refractivity contribution is 5.87. The number of alkyl halides is 3. The maximum atomic E-state index is 14.1. The SMILES string of the molecule is C=CC(=O)N1CCN(c2nc(OC[C@@H]3CCCN3C)nc3c2CCCN(c2ccc(F)c(C(F)(F)F)c2)C3)CC1CC#N. The number of carbonyl (C=O) groups excluding carboxylic acids is 1. The first kappa shape index (κ1) is 30.5. The van der Waals surface area contributed by atoms with Gasteiger partial charge in [0, 0.05) is 43.5 Å². The lowest BCUT2D eigenvalue weighted by Crippen LogP contribution is -2.55. The normalized spacial score (nSPS) is 21.3. The molecule has 1 unspecified atom stereocenters. The third-order valence-corrected chi connectivity index (χ3v) is 8.51. The summed E-state index contributed by atoms with van der Waals surface area (Å²) in [5.41, 5.74) is 0.419. The summed E-state index contributed by atoms with van der Waals surface area (Å²) in [5, 5.41) is 9.46. The second-order valence-electron chi connectivity index (χ2n) is 11.2. The number of hydrogen-bond donors (Lipinski definition) is 0. The lowest BCUT2D eigenvalue weighted by atomic mass is 10.1. The summed E-state index contributed by atoms with van der Waals surface area (Å²) in [4.78, 5) is 29.7. The number of halogens is 4. The second-order valence-corrected chi connectivity index (χ2v) is 11.2. The molecular formula is C30H35F4N7O2. The van der Waals surface area contributed by atoms with Crippen LogP contribution in [0.2, 0.25) is 0 Å². The van der Waals surface area contributed by atoms with Gasteiger partial charge in [-0.05, 0) is 63.6 Å². The highest BCUT2D eigenvalue weighted by Gasteiger charge is 2.36. The van der Waals surface area contributed by atoms with Crippen LogP contribution in [0.15, 0.2) is 30.9 Å². The van der Waals surface area contributed by atoms with Gasteiger partial charge in [0.05, 0.1) is 36.3 Å². The third-order valence-electron chi connectivity index (χ3n) is 8.51. The fourth-order valence-corrected chi connectivity index (χ4v) is 6.16. The van der Waals surface area contributed by atoms with Gasteiger partial charge in [0.1, 0.15) is 18.2 Å². The number of benzene rings is 1. The van der Waals surface area contributed by atoms with Crippen molar-refractivity contribution in [3.8, 4) is 12.1 Å². The Hall–Kier alpha value is -3.92. The third kappa shape index (κ3) is 6.69. The number of amides is 1. The summed E-state index contributed by atoms with van der Waals surface area (Å²) >= 11 is 0. The van der Waals surface area contributed by atoms with Crippen LogP contribution in [0.1, 0.15) is 42.5 Å². The first-order chi connectivity index (χ1) is 20.6. The molecule has 0 radical (unpaired) electrons. The number of nitriles is 1. The summed E-state index contributed by atoms with van der Waals surface area (Å²) in [6.07, 6.45) is -0.203. The van der Waals surface area contributed by atoms with E-state index in [-0.39, 0.29) is 42.7 Å². The quantitative estimate of drug-likeness (QED) is 0.345. The van der Waals surface area contributed by atoms with Crippen LogP contribution in [0, 0.1) is 17.1 Å². The largest absolute Gasteiger partial charge is 0.462 e. The number of hydrogen-bond acceptors (Lipinski definition) is 8. The lowest BCUT2D eigenvalue weighted by Gasteiger charge is -2.41. The monoisotopic (exact) mass is 601 g/mol. The van der Waals surface area contributed by atoms with E-state index < -0.39 is 17.6 Å². The maximum absolute atomic E-state index is 14.1. The molecule has 13 heteroatoms. The van der Waals surface area contributed by atoms with E-state index in [4.69, 9.17) is 14.7 Å². The first-order valence-corrected chi connectivity index (χ1v) is 14.5. The molecule has 0 saturated carbocycles. The number of fused-ring (bicyclic) bond motifs is 1. The van der Waals surface area contributed by atoms with E-state index in [1.54, 1.807) is 9.80 Å². The molecular weight excluding hydrogens is 566 g/mol. The summed E-state index contributed by atoms with van der Waals surface area (Å²) < 4.78 is 60.7. The van der Waals surface area contributed by atoms with Gasteiger partial charge in [0.2, 0.25) is 5.91 Å². The van der Waals surface area contributed by atoms with Crippen molar-refractivity contribution >= 4 is 17.4 Å². The Bertz CT molecular complexity index is 1400. The predicted molar refractivity (Wildman–Crippen MR) is 152 cm³/mol. The second kappa shape index (κ2) is 12.8. The van der Waals surface area contributed by atoms with Gasteiger partial charge in [-0.15, -0.1) is 0 Å². The van der Waals surface area contributed by atoms with Crippen molar-refractivity contribution in [2.75, 3.05) is 56.2 Å². The average Bonchev–Trinajstić information content (AvgIpc) is 3.27.